The number of carboxylic acid groups (broad SMARTS) is 1. The molecule has 0 spiro atoms. The molecular weight excluding hydrogens is 650 g/mol. The second-order valence-electron chi connectivity index (χ2n) is 21.4. The number of aliphatic carboxylic acids is 1. The zero-order valence-corrected chi connectivity index (χ0v) is 33.9. The lowest BCUT2D eigenvalue weighted by Crippen LogP contribution is -2.66. The molecule has 7 aliphatic rings. The van der Waals surface area contributed by atoms with E-state index >= 15 is 0 Å². The summed E-state index contributed by atoms with van der Waals surface area (Å²) in [7, 11) is 0. The van der Waals surface area contributed by atoms with Gasteiger partial charge < -0.3 is 15.2 Å². The largest absolute Gasteiger partial charge is 0.481 e. The third kappa shape index (κ3) is 5.44. The minimum absolute atomic E-state index is 0.0394. The molecule has 0 aromatic heterocycles. The van der Waals surface area contributed by atoms with E-state index < -0.39 is 17.3 Å². The van der Waals surface area contributed by atoms with E-state index in [1.54, 1.807) is 0 Å². The average Bonchev–Trinajstić information content (AvgIpc) is 3.66. The fourth-order valence-corrected chi connectivity index (χ4v) is 14.9. The van der Waals surface area contributed by atoms with Gasteiger partial charge in [-0.2, -0.15) is 0 Å². The predicted octanol–water partition coefficient (Wildman–Crippen LogP) is 9.32. The molecule has 2 N–H and O–H groups in total. The van der Waals surface area contributed by atoms with Crippen molar-refractivity contribution in [2.45, 2.75) is 165 Å². The molecule has 290 valence electrons. The number of allylic oxidation sites excluding steroid dienone is 2. The highest BCUT2D eigenvalue weighted by Crippen LogP contribution is 2.77. The molecule has 6 fully saturated rings. The highest BCUT2D eigenvalue weighted by Gasteiger charge is 2.70. The normalized spacial score (nSPS) is 43.5. The van der Waals surface area contributed by atoms with E-state index in [-0.39, 0.29) is 56.9 Å². The number of hydrogen-bond donors (Lipinski definition) is 2. The summed E-state index contributed by atoms with van der Waals surface area (Å²) < 4.78 is 6.41. The standard InChI is InChI=1S/C45H69NO6/c1-26(2)36-31(47)23-45(24-35(48)46-25-27-12-10-11-13-27)21-20-43(8)28(37(36)45)14-15-33-42(7)18-17-34(41(5,6)32(42)16-19-44(33,43)9)52-39(51)30-22-29(38(49)50)40(30,3)4/h26-30,32-34H,10-25H2,1-9H3,(H,46,48)(H,49,50)/t28-,29+,30-,32+,33-,34+,42+,43-,44-,45+/m1/s1. The molecule has 10 atom stereocenters. The summed E-state index contributed by atoms with van der Waals surface area (Å²) in [5, 5.41) is 13.0. The number of carbonyl (C=O) groups is 4. The Morgan fingerprint density at radius 2 is 1.50 bits per heavy atom. The Labute approximate surface area is 313 Å². The number of esters is 1. The Morgan fingerprint density at radius 1 is 0.808 bits per heavy atom. The van der Waals surface area contributed by atoms with Gasteiger partial charge in [-0.05, 0) is 127 Å². The van der Waals surface area contributed by atoms with Crippen LogP contribution in [0.3, 0.4) is 0 Å². The highest BCUT2D eigenvalue weighted by molar-refractivity contribution is 6.01. The Balaban J connectivity index is 1.12. The molecule has 0 radical (unpaired) electrons. The smallest absolute Gasteiger partial charge is 0.309 e. The number of Topliss-reactive ketones (excluding diaryl/α,β-unsaturated/α-hetero) is 1. The van der Waals surface area contributed by atoms with E-state index in [1.807, 2.05) is 13.8 Å². The second-order valence-corrected chi connectivity index (χ2v) is 21.4. The molecule has 0 unspecified atom stereocenters. The number of fused-ring (bicyclic) bond motifs is 7. The number of amides is 1. The van der Waals surface area contributed by atoms with Crippen molar-refractivity contribution < 1.29 is 29.0 Å². The van der Waals surface area contributed by atoms with Crippen LogP contribution in [0.1, 0.15) is 159 Å². The summed E-state index contributed by atoms with van der Waals surface area (Å²) >= 11 is 0. The van der Waals surface area contributed by atoms with Crippen molar-refractivity contribution in [1.82, 2.24) is 5.32 Å². The van der Waals surface area contributed by atoms with Gasteiger partial charge in [0.2, 0.25) is 5.91 Å². The molecule has 1 amide bonds. The van der Waals surface area contributed by atoms with E-state index in [9.17, 15) is 24.3 Å². The molecule has 0 aliphatic heterocycles. The summed E-state index contributed by atoms with van der Waals surface area (Å²) in [6, 6.07) is 0. The van der Waals surface area contributed by atoms with Gasteiger partial charge in [0.25, 0.3) is 0 Å². The van der Waals surface area contributed by atoms with Crippen molar-refractivity contribution in [3.05, 3.63) is 11.1 Å². The number of carboxylic acids is 1. The fourth-order valence-electron chi connectivity index (χ4n) is 14.9. The molecule has 0 aromatic carbocycles. The summed E-state index contributed by atoms with van der Waals surface area (Å²) in [6.07, 6.45) is 14.4. The molecular formula is C45H69NO6. The van der Waals surface area contributed by atoms with Gasteiger partial charge in [-0.25, -0.2) is 0 Å². The summed E-state index contributed by atoms with van der Waals surface area (Å²) in [5.41, 5.74) is 1.54. The van der Waals surface area contributed by atoms with Crippen LogP contribution in [0.2, 0.25) is 0 Å². The molecule has 7 rings (SSSR count). The zero-order valence-electron chi connectivity index (χ0n) is 33.9. The summed E-state index contributed by atoms with van der Waals surface area (Å²) in [5.74, 6) is 0.545. The van der Waals surface area contributed by atoms with Crippen molar-refractivity contribution in [2.75, 3.05) is 6.54 Å². The van der Waals surface area contributed by atoms with Gasteiger partial charge in [0.1, 0.15) is 6.10 Å². The van der Waals surface area contributed by atoms with Crippen molar-refractivity contribution in [2.24, 2.45) is 73.9 Å². The molecule has 52 heavy (non-hydrogen) atoms. The first-order chi connectivity index (χ1) is 24.2. The third-order valence-corrected chi connectivity index (χ3v) is 18.2. The minimum Gasteiger partial charge on any atom is -0.481 e. The van der Waals surface area contributed by atoms with E-state index in [2.05, 4.69) is 53.8 Å². The fraction of sp³-hybridized carbons (Fsp3) is 0.867. The van der Waals surface area contributed by atoms with Crippen LogP contribution in [-0.2, 0) is 23.9 Å². The summed E-state index contributed by atoms with van der Waals surface area (Å²) in [6.45, 7) is 21.3. The lowest BCUT2D eigenvalue weighted by molar-refractivity contribution is -0.236. The Kier molecular flexibility index (Phi) is 9.29. The molecule has 7 heteroatoms. The van der Waals surface area contributed by atoms with Crippen LogP contribution >= 0.6 is 0 Å². The van der Waals surface area contributed by atoms with Crippen LogP contribution < -0.4 is 5.32 Å². The third-order valence-electron chi connectivity index (χ3n) is 18.2. The molecule has 7 nitrogen and oxygen atoms in total. The van der Waals surface area contributed by atoms with Crippen LogP contribution in [0.15, 0.2) is 11.1 Å². The Morgan fingerprint density at radius 3 is 2.13 bits per heavy atom. The van der Waals surface area contributed by atoms with E-state index in [1.165, 1.54) is 31.3 Å². The Hall–Kier alpha value is -2.18. The highest BCUT2D eigenvalue weighted by atomic mass is 16.5. The quantitative estimate of drug-likeness (QED) is 0.242. The average molecular weight is 720 g/mol. The van der Waals surface area contributed by atoms with Crippen LogP contribution in [0.5, 0.6) is 0 Å². The predicted molar refractivity (Wildman–Crippen MR) is 202 cm³/mol. The topological polar surface area (TPSA) is 110 Å². The maximum Gasteiger partial charge on any atom is 0.309 e. The molecule has 0 heterocycles. The SMILES string of the molecule is CC(C)C1=C2[C@H]3CC[C@@H]4[C@@]5(C)CC[C@H](OC(=O)[C@H]6C[C@@H](C(=O)O)C6(C)C)C(C)(C)[C@@H]5CC[C@@]4(C)[C@]3(C)CC[C@@]2(CC(=O)NCC2CCCC2)CC1=O. The number of nitrogens with one attached hydrogen (secondary N) is 1. The zero-order chi connectivity index (χ0) is 37.8. The van der Waals surface area contributed by atoms with Crippen molar-refractivity contribution in [1.29, 1.82) is 0 Å². The Bertz CT molecular complexity index is 1540. The van der Waals surface area contributed by atoms with Gasteiger partial charge in [-0.1, -0.05) is 80.7 Å². The van der Waals surface area contributed by atoms with Crippen molar-refractivity contribution >= 4 is 23.6 Å². The first-order valence-corrected chi connectivity index (χ1v) is 21.2. The molecule has 6 saturated carbocycles. The van der Waals surface area contributed by atoms with Crippen LogP contribution in [0.4, 0.5) is 0 Å². The number of carbonyl (C=O) groups excluding carboxylic acids is 3. The lowest BCUT2D eigenvalue weighted by atomic mass is 9.33. The van der Waals surface area contributed by atoms with Crippen LogP contribution in [-0.4, -0.2) is 41.4 Å². The molecule has 0 bridgehead atoms. The molecule has 7 aliphatic carbocycles. The first-order valence-electron chi connectivity index (χ1n) is 21.2. The van der Waals surface area contributed by atoms with Gasteiger partial charge in [0, 0.05) is 30.2 Å². The number of ether oxygens (including phenoxy) is 1. The van der Waals surface area contributed by atoms with Gasteiger partial charge in [0.05, 0.1) is 11.8 Å². The van der Waals surface area contributed by atoms with E-state index in [4.69, 9.17) is 4.74 Å². The first kappa shape index (κ1) is 38.1. The number of hydrogen-bond acceptors (Lipinski definition) is 5. The van der Waals surface area contributed by atoms with Gasteiger partial charge >= 0.3 is 11.9 Å². The van der Waals surface area contributed by atoms with Gasteiger partial charge in [-0.3, -0.25) is 19.2 Å². The minimum atomic E-state index is -0.823. The summed E-state index contributed by atoms with van der Waals surface area (Å²) in [4.78, 5) is 53.0. The van der Waals surface area contributed by atoms with Gasteiger partial charge in [-0.15, -0.1) is 0 Å². The van der Waals surface area contributed by atoms with Crippen molar-refractivity contribution in [3.63, 3.8) is 0 Å². The maximum absolute atomic E-state index is 14.0. The second kappa shape index (κ2) is 12.7. The monoisotopic (exact) mass is 720 g/mol. The number of rotatable bonds is 8. The van der Waals surface area contributed by atoms with Crippen LogP contribution in [0.25, 0.3) is 0 Å². The van der Waals surface area contributed by atoms with E-state index in [0.717, 1.165) is 63.5 Å². The lowest BCUT2D eigenvalue weighted by Gasteiger charge is -2.72. The molecule has 0 saturated heterocycles. The number of ketones is 1. The molecule has 0 aromatic rings. The maximum atomic E-state index is 14.0. The van der Waals surface area contributed by atoms with Crippen LogP contribution in [0, 0.1) is 73.9 Å². The van der Waals surface area contributed by atoms with Gasteiger partial charge in [0.15, 0.2) is 5.78 Å². The van der Waals surface area contributed by atoms with Crippen molar-refractivity contribution in [3.8, 4) is 0 Å². The van der Waals surface area contributed by atoms with E-state index in [0.29, 0.717) is 48.7 Å².